The predicted molar refractivity (Wildman–Crippen MR) is 93.1 cm³/mol. The van der Waals surface area contributed by atoms with Gasteiger partial charge in [0.05, 0.1) is 10.7 Å². The predicted octanol–water partition coefficient (Wildman–Crippen LogP) is 4.75. The molecule has 1 aromatic heterocycles. The van der Waals surface area contributed by atoms with Crippen molar-refractivity contribution in [1.29, 1.82) is 0 Å². The van der Waals surface area contributed by atoms with Crippen LogP contribution in [0.2, 0.25) is 10.0 Å². The minimum absolute atomic E-state index is 0.133. The first-order valence-corrected chi connectivity index (χ1v) is 8.10. The van der Waals surface area contributed by atoms with E-state index in [0.717, 1.165) is 0 Å². The van der Waals surface area contributed by atoms with Gasteiger partial charge in [-0.05, 0) is 42.5 Å². The lowest BCUT2D eigenvalue weighted by Gasteiger charge is -2.06. The zero-order valence-corrected chi connectivity index (χ0v) is 14.3. The van der Waals surface area contributed by atoms with Gasteiger partial charge in [0.2, 0.25) is 17.7 Å². The summed E-state index contributed by atoms with van der Waals surface area (Å²) < 4.78 is 18.4. The Labute approximate surface area is 152 Å². The summed E-state index contributed by atoms with van der Waals surface area (Å²) in [5.41, 5.74) is 1.05. The van der Waals surface area contributed by atoms with Gasteiger partial charge in [-0.3, -0.25) is 4.79 Å². The third-order valence-electron chi connectivity index (χ3n) is 3.33. The van der Waals surface area contributed by atoms with Gasteiger partial charge in [-0.2, -0.15) is 0 Å². The van der Waals surface area contributed by atoms with Crippen LogP contribution in [0.5, 0.6) is 0 Å². The molecular weight excluding hydrogens is 368 g/mol. The van der Waals surface area contributed by atoms with Crippen LogP contribution in [-0.2, 0) is 11.2 Å². The molecule has 0 aliphatic heterocycles. The van der Waals surface area contributed by atoms with E-state index in [0.29, 0.717) is 27.2 Å². The average Bonchev–Trinajstić information content (AvgIpc) is 3.06. The quantitative estimate of drug-likeness (QED) is 0.694. The summed E-state index contributed by atoms with van der Waals surface area (Å²) in [5, 5.41) is 11.3. The van der Waals surface area contributed by atoms with Gasteiger partial charge in [0, 0.05) is 23.4 Å². The van der Waals surface area contributed by atoms with Gasteiger partial charge in [0.15, 0.2) is 0 Å². The lowest BCUT2D eigenvalue weighted by molar-refractivity contribution is -0.116. The van der Waals surface area contributed by atoms with Crippen molar-refractivity contribution in [1.82, 2.24) is 10.2 Å². The van der Waals surface area contributed by atoms with Crippen LogP contribution in [0.25, 0.3) is 11.5 Å². The molecule has 1 N–H and O–H groups in total. The molecule has 3 aromatic rings. The summed E-state index contributed by atoms with van der Waals surface area (Å²) >= 11 is 11.9. The fourth-order valence-electron chi connectivity index (χ4n) is 2.09. The number of nitrogens with zero attached hydrogens (tertiary/aromatic N) is 2. The van der Waals surface area contributed by atoms with Gasteiger partial charge >= 0.3 is 0 Å². The van der Waals surface area contributed by atoms with Crippen molar-refractivity contribution in [3.8, 4) is 11.5 Å². The molecule has 0 unspecified atom stereocenters. The molecule has 8 heteroatoms. The van der Waals surface area contributed by atoms with Gasteiger partial charge in [-0.25, -0.2) is 4.39 Å². The van der Waals surface area contributed by atoms with E-state index in [1.807, 2.05) is 0 Å². The summed E-state index contributed by atoms with van der Waals surface area (Å²) in [4.78, 5) is 12.0. The van der Waals surface area contributed by atoms with Crippen LogP contribution in [-0.4, -0.2) is 16.1 Å². The molecule has 0 aliphatic carbocycles. The van der Waals surface area contributed by atoms with Gasteiger partial charge in [-0.15, -0.1) is 10.2 Å². The Morgan fingerprint density at radius 3 is 2.64 bits per heavy atom. The minimum Gasteiger partial charge on any atom is -0.421 e. The zero-order valence-electron chi connectivity index (χ0n) is 12.8. The first-order valence-electron chi connectivity index (χ1n) is 7.34. The van der Waals surface area contributed by atoms with E-state index in [9.17, 15) is 9.18 Å². The van der Waals surface area contributed by atoms with E-state index in [2.05, 4.69) is 15.5 Å². The topological polar surface area (TPSA) is 68.0 Å². The summed E-state index contributed by atoms with van der Waals surface area (Å²) in [7, 11) is 0. The Bertz CT molecular complexity index is 897. The first-order chi connectivity index (χ1) is 12.0. The fourth-order valence-corrected chi connectivity index (χ4v) is 2.43. The van der Waals surface area contributed by atoms with E-state index in [1.54, 1.807) is 30.3 Å². The normalized spacial score (nSPS) is 10.7. The van der Waals surface area contributed by atoms with Crippen LogP contribution in [0.4, 0.5) is 10.1 Å². The molecule has 0 bridgehead atoms. The van der Waals surface area contributed by atoms with Crippen molar-refractivity contribution >= 4 is 34.8 Å². The van der Waals surface area contributed by atoms with E-state index >= 15 is 0 Å². The van der Waals surface area contributed by atoms with Crippen LogP contribution in [0.15, 0.2) is 46.9 Å². The van der Waals surface area contributed by atoms with Gasteiger partial charge in [0.1, 0.15) is 5.82 Å². The van der Waals surface area contributed by atoms with Crippen molar-refractivity contribution < 1.29 is 13.6 Å². The number of anilines is 1. The van der Waals surface area contributed by atoms with Crippen molar-refractivity contribution in [3.05, 3.63) is 64.2 Å². The maximum absolute atomic E-state index is 12.9. The van der Waals surface area contributed by atoms with Crippen molar-refractivity contribution in [2.75, 3.05) is 5.32 Å². The Morgan fingerprint density at radius 2 is 1.88 bits per heavy atom. The average molecular weight is 380 g/mol. The molecule has 128 valence electrons. The van der Waals surface area contributed by atoms with Gasteiger partial charge < -0.3 is 9.73 Å². The Balaban J connectivity index is 1.59. The number of hydrogen-bond donors (Lipinski definition) is 1. The summed E-state index contributed by atoms with van der Waals surface area (Å²) in [6, 6.07) is 10.5. The number of carbonyl (C=O) groups excluding carboxylic acids is 1. The highest BCUT2D eigenvalue weighted by molar-refractivity contribution is 6.35. The second kappa shape index (κ2) is 7.63. The molecule has 0 saturated heterocycles. The van der Waals surface area contributed by atoms with Crippen LogP contribution in [0, 0.1) is 5.82 Å². The van der Waals surface area contributed by atoms with Crippen molar-refractivity contribution in [3.63, 3.8) is 0 Å². The van der Waals surface area contributed by atoms with E-state index in [-0.39, 0.29) is 30.5 Å². The third-order valence-corrected chi connectivity index (χ3v) is 3.89. The lowest BCUT2D eigenvalue weighted by Crippen LogP contribution is -2.12. The molecule has 1 heterocycles. The van der Waals surface area contributed by atoms with Crippen LogP contribution in [0.1, 0.15) is 12.3 Å². The molecular formula is C17H12Cl2FN3O2. The van der Waals surface area contributed by atoms with Crippen LogP contribution in [0.3, 0.4) is 0 Å². The second-order valence-electron chi connectivity index (χ2n) is 5.18. The smallest absolute Gasteiger partial charge is 0.247 e. The maximum Gasteiger partial charge on any atom is 0.247 e. The summed E-state index contributed by atoms with van der Waals surface area (Å²) in [6.07, 6.45) is 0.395. The number of nitrogens with one attached hydrogen (secondary N) is 1. The molecule has 2 aromatic carbocycles. The number of rotatable bonds is 5. The zero-order chi connectivity index (χ0) is 17.8. The molecule has 3 rings (SSSR count). The molecule has 0 atom stereocenters. The summed E-state index contributed by atoms with van der Waals surface area (Å²) in [6.45, 7) is 0. The standard InChI is InChI=1S/C17H12Cl2FN3O2/c18-11-3-6-13(19)14(9-11)21-15(24)7-8-16-22-23-17(25-16)10-1-4-12(20)5-2-10/h1-6,9H,7-8H2,(H,21,24). The molecule has 5 nitrogen and oxygen atoms in total. The number of halogens is 3. The number of aromatic nitrogens is 2. The Kier molecular flexibility index (Phi) is 5.31. The number of carbonyl (C=O) groups is 1. The Morgan fingerprint density at radius 1 is 1.12 bits per heavy atom. The molecule has 0 aliphatic rings. The number of benzene rings is 2. The largest absolute Gasteiger partial charge is 0.421 e. The van der Waals surface area contributed by atoms with Crippen LogP contribution < -0.4 is 5.32 Å². The van der Waals surface area contributed by atoms with E-state index in [4.69, 9.17) is 27.6 Å². The molecule has 1 amide bonds. The highest BCUT2D eigenvalue weighted by Gasteiger charge is 2.12. The van der Waals surface area contributed by atoms with E-state index < -0.39 is 0 Å². The Hall–Kier alpha value is -2.44. The first kappa shape index (κ1) is 17.4. The molecule has 0 spiro atoms. The fraction of sp³-hybridized carbons (Fsp3) is 0.118. The number of hydrogen-bond acceptors (Lipinski definition) is 4. The number of aryl methyl sites for hydroxylation is 1. The molecule has 0 saturated carbocycles. The SMILES string of the molecule is O=C(CCc1nnc(-c2ccc(F)cc2)o1)Nc1cc(Cl)ccc1Cl. The number of amides is 1. The highest BCUT2D eigenvalue weighted by atomic mass is 35.5. The van der Waals surface area contributed by atoms with Crippen LogP contribution >= 0.6 is 23.2 Å². The molecule has 0 radical (unpaired) electrons. The highest BCUT2D eigenvalue weighted by Crippen LogP contribution is 2.25. The monoisotopic (exact) mass is 379 g/mol. The van der Waals surface area contributed by atoms with Gasteiger partial charge in [0.25, 0.3) is 0 Å². The van der Waals surface area contributed by atoms with E-state index in [1.165, 1.54) is 12.1 Å². The molecule has 0 fully saturated rings. The maximum atomic E-state index is 12.9. The molecule has 25 heavy (non-hydrogen) atoms. The summed E-state index contributed by atoms with van der Waals surface area (Å²) in [5.74, 6) is -0.0227. The van der Waals surface area contributed by atoms with Crippen molar-refractivity contribution in [2.45, 2.75) is 12.8 Å². The third kappa shape index (κ3) is 4.55. The van der Waals surface area contributed by atoms with Gasteiger partial charge in [-0.1, -0.05) is 23.2 Å². The lowest BCUT2D eigenvalue weighted by atomic mass is 10.2. The minimum atomic E-state index is -0.347. The van der Waals surface area contributed by atoms with Crippen molar-refractivity contribution in [2.24, 2.45) is 0 Å². The second-order valence-corrected chi connectivity index (χ2v) is 6.02.